The van der Waals surface area contributed by atoms with Gasteiger partial charge in [-0.1, -0.05) is 47.1 Å². The first kappa shape index (κ1) is 21.8. The number of nitrogens with zero attached hydrogens (tertiary/aromatic N) is 3. The van der Waals surface area contributed by atoms with E-state index in [1.807, 2.05) is 17.6 Å². The first-order valence-corrected chi connectivity index (χ1v) is 10.3. The molecular formula is C19H16Cl2F3N3OS. The van der Waals surface area contributed by atoms with Crippen molar-refractivity contribution in [3.63, 3.8) is 0 Å². The molecule has 0 aliphatic heterocycles. The Labute approximate surface area is 180 Å². The van der Waals surface area contributed by atoms with E-state index in [9.17, 15) is 13.2 Å². The molecule has 10 heteroatoms. The second kappa shape index (κ2) is 9.28. The molecule has 0 radical (unpaired) electrons. The normalized spacial score (nSPS) is 11.7. The van der Waals surface area contributed by atoms with Gasteiger partial charge in [0.15, 0.2) is 11.0 Å². The molecule has 4 nitrogen and oxygen atoms in total. The van der Waals surface area contributed by atoms with Gasteiger partial charge in [0.05, 0.1) is 15.6 Å². The summed E-state index contributed by atoms with van der Waals surface area (Å²) in [4.78, 5) is 0. The second-order valence-corrected chi connectivity index (χ2v) is 7.75. The SMILES string of the molecule is CCn1c(COc2cccc(C(F)(F)F)c2)nnc1SCc1ccc(Cl)c(Cl)c1. The van der Waals surface area contributed by atoms with E-state index >= 15 is 0 Å². The van der Waals surface area contributed by atoms with Gasteiger partial charge in [-0.05, 0) is 42.8 Å². The van der Waals surface area contributed by atoms with E-state index in [-0.39, 0.29) is 12.4 Å². The lowest BCUT2D eigenvalue weighted by molar-refractivity contribution is -0.137. The third-order valence-electron chi connectivity index (χ3n) is 3.99. The van der Waals surface area contributed by atoms with Gasteiger partial charge in [0.25, 0.3) is 0 Å². The van der Waals surface area contributed by atoms with Gasteiger partial charge >= 0.3 is 6.18 Å². The molecular weight excluding hydrogens is 446 g/mol. The van der Waals surface area contributed by atoms with Crippen LogP contribution in [-0.2, 0) is 25.1 Å². The number of alkyl halides is 3. The lowest BCUT2D eigenvalue weighted by atomic mass is 10.2. The molecule has 0 spiro atoms. The molecule has 1 heterocycles. The van der Waals surface area contributed by atoms with Crippen LogP contribution in [-0.4, -0.2) is 14.8 Å². The van der Waals surface area contributed by atoms with Crippen molar-refractivity contribution < 1.29 is 17.9 Å². The Morgan fingerprint density at radius 1 is 1.07 bits per heavy atom. The Kier molecular flexibility index (Phi) is 6.97. The fourth-order valence-corrected chi connectivity index (χ4v) is 3.82. The standard InChI is InChI=1S/C19H16Cl2F3N3OS/c1-2-27-17(10-28-14-5-3-4-13(9-14)19(22,23)24)25-26-18(27)29-11-12-6-7-15(20)16(21)8-12/h3-9H,2,10-11H2,1H3. The van der Waals surface area contributed by atoms with Crippen LogP contribution in [0.5, 0.6) is 5.75 Å². The molecule has 0 N–H and O–H groups in total. The van der Waals surface area contributed by atoms with Crippen LogP contribution in [0.4, 0.5) is 13.2 Å². The molecule has 2 aromatic carbocycles. The van der Waals surface area contributed by atoms with Gasteiger partial charge in [0.2, 0.25) is 0 Å². The molecule has 0 atom stereocenters. The summed E-state index contributed by atoms with van der Waals surface area (Å²) in [7, 11) is 0. The van der Waals surface area contributed by atoms with E-state index in [0.717, 1.165) is 17.7 Å². The minimum absolute atomic E-state index is 0.00941. The van der Waals surface area contributed by atoms with Crippen molar-refractivity contribution in [3.8, 4) is 5.75 Å². The van der Waals surface area contributed by atoms with Gasteiger partial charge in [0.1, 0.15) is 12.4 Å². The number of rotatable bonds is 7. The number of ether oxygens (including phenoxy) is 1. The summed E-state index contributed by atoms with van der Waals surface area (Å²) in [5, 5.41) is 9.94. The lowest BCUT2D eigenvalue weighted by Gasteiger charge is -2.11. The average Bonchev–Trinajstić information content (AvgIpc) is 3.08. The van der Waals surface area contributed by atoms with Gasteiger partial charge in [-0.2, -0.15) is 13.2 Å². The molecule has 0 amide bonds. The molecule has 1 aromatic heterocycles. The van der Waals surface area contributed by atoms with Crippen molar-refractivity contribution in [2.24, 2.45) is 0 Å². The molecule has 29 heavy (non-hydrogen) atoms. The molecule has 0 unspecified atom stereocenters. The molecule has 0 aliphatic carbocycles. The van der Waals surface area contributed by atoms with Crippen LogP contribution < -0.4 is 4.74 Å². The van der Waals surface area contributed by atoms with Crippen molar-refractivity contribution in [1.82, 2.24) is 14.8 Å². The highest BCUT2D eigenvalue weighted by molar-refractivity contribution is 7.98. The first-order valence-electron chi connectivity index (χ1n) is 8.56. The Hall–Kier alpha value is -1.90. The fraction of sp³-hybridized carbons (Fsp3) is 0.263. The topological polar surface area (TPSA) is 39.9 Å². The Morgan fingerprint density at radius 2 is 1.86 bits per heavy atom. The Bertz CT molecular complexity index is 995. The van der Waals surface area contributed by atoms with Crippen molar-refractivity contribution in [3.05, 3.63) is 69.5 Å². The Morgan fingerprint density at radius 3 is 2.55 bits per heavy atom. The largest absolute Gasteiger partial charge is 0.486 e. The summed E-state index contributed by atoms with van der Waals surface area (Å²) in [6.07, 6.45) is -4.42. The van der Waals surface area contributed by atoms with E-state index in [2.05, 4.69) is 10.2 Å². The van der Waals surface area contributed by atoms with Crippen molar-refractivity contribution in [2.45, 2.75) is 37.2 Å². The molecule has 154 valence electrons. The number of halogens is 5. The molecule has 0 aliphatic rings. The molecule has 0 fully saturated rings. The van der Waals surface area contributed by atoms with Gasteiger partial charge in [0, 0.05) is 12.3 Å². The average molecular weight is 462 g/mol. The lowest BCUT2D eigenvalue weighted by Crippen LogP contribution is -2.08. The fourth-order valence-electron chi connectivity index (χ4n) is 2.54. The van der Waals surface area contributed by atoms with Crippen molar-refractivity contribution in [2.75, 3.05) is 0 Å². The predicted molar refractivity (Wildman–Crippen MR) is 107 cm³/mol. The third kappa shape index (κ3) is 5.58. The van der Waals surface area contributed by atoms with Crippen LogP contribution in [0.1, 0.15) is 23.9 Å². The Balaban J connectivity index is 1.67. The number of hydrogen-bond donors (Lipinski definition) is 0. The second-order valence-electron chi connectivity index (χ2n) is 5.99. The molecule has 3 rings (SSSR count). The van der Waals surface area contributed by atoms with E-state index in [4.69, 9.17) is 27.9 Å². The zero-order valence-corrected chi connectivity index (χ0v) is 17.5. The minimum Gasteiger partial charge on any atom is -0.486 e. The maximum Gasteiger partial charge on any atom is 0.416 e. The highest BCUT2D eigenvalue weighted by Gasteiger charge is 2.30. The van der Waals surface area contributed by atoms with E-state index < -0.39 is 11.7 Å². The van der Waals surface area contributed by atoms with Gasteiger partial charge < -0.3 is 9.30 Å². The van der Waals surface area contributed by atoms with Crippen molar-refractivity contribution >= 4 is 35.0 Å². The van der Waals surface area contributed by atoms with Gasteiger partial charge in [-0.25, -0.2) is 0 Å². The van der Waals surface area contributed by atoms with Crippen LogP contribution in [0.2, 0.25) is 10.0 Å². The summed E-state index contributed by atoms with van der Waals surface area (Å²) in [6, 6.07) is 10.2. The van der Waals surface area contributed by atoms with Crippen LogP contribution in [0.25, 0.3) is 0 Å². The monoisotopic (exact) mass is 461 g/mol. The molecule has 0 saturated carbocycles. The van der Waals surface area contributed by atoms with Crippen LogP contribution >= 0.6 is 35.0 Å². The zero-order chi connectivity index (χ0) is 21.0. The minimum atomic E-state index is -4.42. The summed E-state index contributed by atoms with van der Waals surface area (Å²) in [5.41, 5.74) is 0.224. The summed E-state index contributed by atoms with van der Waals surface area (Å²) in [6.45, 7) is 2.54. The maximum absolute atomic E-state index is 12.8. The third-order valence-corrected chi connectivity index (χ3v) is 5.77. The summed E-state index contributed by atoms with van der Waals surface area (Å²) < 4.78 is 45.8. The highest BCUT2D eigenvalue weighted by Crippen LogP contribution is 2.32. The molecule has 3 aromatic rings. The predicted octanol–water partition coefficient (Wildman–Crippen LogP) is 6.49. The first-order chi connectivity index (χ1) is 13.8. The van der Waals surface area contributed by atoms with Gasteiger partial charge in [-0.15, -0.1) is 10.2 Å². The van der Waals surface area contributed by atoms with Crippen LogP contribution in [0.3, 0.4) is 0 Å². The van der Waals surface area contributed by atoms with Gasteiger partial charge in [-0.3, -0.25) is 0 Å². The highest BCUT2D eigenvalue weighted by atomic mass is 35.5. The quantitative estimate of drug-likeness (QED) is 0.376. The van der Waals surface area contributed by atoms with E-state index in [0.29, 0.717) is 33.3 Å². The summed E-state index contributed by atoms with van der Waals surface area (Å²) >= 11 is 13.4. The number of aromatic nitrogens is 3. The number of hydrogen-bond acceptors (Lipinski definition) is 4. The smallest absolute Gasteiger partial charge is 0.416 e. The van der Waals surface area contributed by atoms with E-state index in [1.54, 1.807) is 12.1 Å². The van der Waals surface area contributed by atoms with E-state index in [1.165, 1.54) is 23.9 Å². The summed E-state index contributed by atoms with van der Waals surface area (Å²) in [5.74, 6) is 1.26. The molecule has 0 bridgehead atoms. The van der Waals surface area contributed by atoms with Crippen molar-refractivity contribution in [1.29, 1.82) is 0 Å². The zero-order valence-electron chi connectivity index (χ0n) is 15.2. The molecule has 0 saturated heterocycles. The number of thioether (sulfide) groups is 1. The number of benzene rings is 2. The van der Waals surface area contributed by atoms with Crippen LogP contribution in [0, 0.1) is 0 Å². The maximum atomic E-state index is 12.8. The van der Waals surface area contributed by atoms with Crippen LogP contribution in [0.15, 0.2) is 47.6 Å².